The van der Waals surface area contributed by atoms with Gasteiger partial charge in [0.1, 0.15) is 6.61 Å². The Bertz CT molecular complexity index is 771. The number of hydrogen-bond acceptors (Lipinski definition) is 4. The van der Waals surface area contributed by atoms with E-state index in [0.29, 0.717) is 10.5 Å². The Morgan fingerprint density at radius 1 is 1.15 bits per heavy atom. The molecule has 0 aromatic heterocycles. The van der Waals surface area contributed by atoms with Crippen LogP contribution >= 0.6 is 0 Å². The molecule has 5 nitrogen and oxygen atoms in total. The maximum atomic E-state index is 13.7. The van der Waals surface area contributed by atoms with E-state index in [1.54, 1.807) is 54.6 Å². The monoisotopic (exact) mass is 397 g/mol. The lowest BCUT2D eigenvalue weighted by molar-refractivity contribution is -0.123. The summed E-state index contributed by atoms with van der Waals surface area (Å²) in [6.45, 7) is 1.77. The highest BCUT2D eigenvalue weighted by molar-refractivity contribution is 7.85. The molecule has 0 bridgehead atoms. The molecule has 1 N–H and O–H groups in total. The molecule has 0 heterocycles. The molecule has 0 aliphatic rings. The number of carbonyl (C=O) groups excluding carboxylic acids is 1. The van der Waals surface area contributed by atoms with E-state index < -0.39 is 34.8 Å². The Hall–Kier alpha value is -2.32. The molecule has 2 aromatic rings. The van der Waals surface area contributed by atoms with Gasteiger partial charge in [0.2, 0.25) is 5.72 Å². The van der Waals surface area contributed by atoms with E-state index >= 15 is 0 Å². The molecule has 0 spiro atoms. The van der Waals surface area contributed by atoms with Crippen LogP contribution in [0.1, 0.15) is 11.1 Å². The number of nitrogens with one attached hydrogen (secondary N) is 1. The van der Waals surface area contributed by atoms with Gasteiger partial charge in [-0.2, -0.15) is 0 Å². The maximum absolute atomic E-state index is 13.7. The van der Waals surface area contributed by atoms with Crippen molar-refractivity contribution in [3.63, 3.8) is 0 Å². The first-order valence-corrected chi connectivity index (χ1v) is 9.45. The molecule has 146 valence electrons. The van der Waals surface area contributed by atoms with Crippen LogP contribution in [0, 0.1) is 6.92 Å². The highest BCUT2D eigenvalue weighted by Gasteiger charge is 2.44. The third-order valence-electron chi connectivity index (χ3n) is 3.87. The van der Waals surface area contributed by atoms with E-state index in [1.807, 2.05) is 12.2 Å². The van der Waals surface area contributed by atoms with Gasteiger partial charge in [0, 0.05) is 12.0 Å². The van der Waals surface area contributed by atoms with Crippen molar-refractivity contribution in [1.29, 1.82) is 0 Å². The smallest absolute Gasteiger partial charge is 0.409 e. The van der Waals surface area contributed by atoms with Crippen LogP contribution in [0.5, 0.6) is 0 Å². The summed E-state index contributed by atoms with van der Waals surface area (Å²) >= 11 is 0. The van der Waals surface area contributed by atoms with Crippen LogP contribution in [0.15, 0.2) is 59.5 Å². The molecular formula is C19H21F2NO4S. The molecule has 2 aromatic carbocycles. The fourth-order valence-electron chi connectivity index (χ4n) is 2.25. The molecule has 2 atom stereocenters. The average Bonchev–Trinajstić information content (AvgIpc) is 2.67. The molecule has 27 heavy (non-hydrogen) atoms. The van der Waals surface area contributed by atoms with Gasteiger partial charge in [0.15, 0.2) is 0 Å². The standard InChI is InChI=1S/C19H21F2NO4S/c1-14-8-10-16(11-9-14)27(24)13-19(25-2,17(20)21)22-18(23)26-12-15-6-4-3-5-7-15/h3-11,17H,12-13H2,1-2H3,(H,22,23)/t19-,27+/m0/s1. The zero-order valence-electron chi connectivity index (χ0n) is 15.0. The first-order valence-electron chi connectivity index (χ1n) is 8.13. The van der Waals surface area contributed by atoms with Crippen LogP contribution in [-0.4, -0.2) is 35.3 Å². The summed E-state index contributed by atoms with van der Waals surface area (Å²) in [4.78, 5) is 12.4. The number of ether oxygens (including phenoxy) is 2. The Morgan fingerprint density at radius 3 is 2.33 bits per heavy atom. The van der Waals surface area contributed by atoms with Gasteiger partial charge >= 0.3 is 6.09 Å². The van der Waals surface area contributed by atoms with Crippen molar-refractivity contribution in [2.24, 2.45) is 0 Å². The molecule has 8 heteroatoms. The number of amides is 1. The number of hydrogen-bond donors (Lipinski definition) is 1. The van der Waals surface area contributed by atoms with E-state index in [9.17, 15) is 17.8 Å². The van der Waals surface area contributed by atoms with Crippen LogP contribution in [0.4, 0.5) is 13.6 Å². The van der Waals surface area contributed by atoms with Crippen LogP contribution in [0.2, 0.25) is 0 Å². The first-order chi connectivity index (χ1) is 12.9. The fourth-order valence-corrected chi connectivity index (χ4v) is 3.56. The number of alkyl halides is 2. The van der Waals surface area contributed by atoms with Gasteiger partial charge in [-0.25, -0.2) is 13.6 Å². The van der Waals surface area contributed by atoms with Crippen molar-refractivity contribution in [2.75, 3.05) is 12.9 Å². The minimum absolute atomic E-state index is 0.0866. The number of carbonyl (C=O) groups is 1. The third kappa shape index (κ3) is 5.83. The summed E-state index contributed by atoms with van der Waals surface area (Å²) in [5.74, 6) is -0.620. The number of aryl methyl sites for hydroxylation is 1. The van der Waals surface area contributed by atoms with Crippen LogP contribution in [0.25, 0.3) is 0 Å². The largest absolute Gasteiger partial charge is 0.445 e. The molecule has 0 radical (unpaired) electrons. The predicted molar refractivity (Wildman–Crippen MR) is 98.0 cm³/mol. The number of alkyl carbamates (subject to hydrolysis) is 1. The minimum atomic E-state index is -3.11. The third-order valence-corrected chi connectivity index (χ3v) is 5.36. The Labute approximate surface area is 159 Å². The van der Waals surface area contributed by atoms with Gasteiger partial charge in [0.05, 0.1) is 16.6 Å². The quantitative estimate of drug-likeness (QED) is 0.691. The topological polar surface area (TPSA) is 64.6 Å². The van der Waals surface area contributed by atoms with Crippen molar-refractivity contribution in [3.8, 4) is 0 Å². The molecule has 0 saturated heterocycles. The molecule has 0 fully saturated rings. The summed E-state index contributed by atoms with van der Waals surface area (Å²) in [5, 5.41) is 2.04. The maximum Gasteiger partial charge on any atom is 0.409 e. The van der Waals surface area contributed by atoms with E-state index in [2.05, 4.69) is 0 Å². The molecule has 0 aliphatic heterocycles. The molecule has 2 rings (SSSR count). The second kappa shape index (κ2) is 9.57. The lowest BCUT2D eigenvalue weighted by atomic mass is 10.2. The van der Waals surface area contributed by atoms with Crippen LogP contribution < -0.4 is 5.32 Å². The lowest BCUT2D eigenvalue weighted by Gasteiger charge is -2.31. The predicted octanol–water partition coefficient (Wildman–Crippen LogP) is 3.64. The van der Waals surface area contributed by atoms with E-state index in [1.165, 1.54) is 0 Å². The number of methoxy groups -OCH3 is 1. The van der Waals surface area contributed by atoms with Gasteiger partial charge in [-0.3, -0.25) is 9.53 Å². The molecule has 1 amide bonds. The summed E-state index contributed by atoms with van der Waals surface area (Å²) in [6, 6.07) is 15.4. The Morgan fingerprint density at radius 2 is 1.78 bits per heavy atom. The lowest BCUT2D eigenvalue weighted by Crippen LogP contribution is -2.59. The zero-order chi connectivity index (χ0) is 19.9. The van der Waals surface area contributed by atoms with Crippen LogP contribution in [0.3, 0.4) is 0 Å². The van der Waals surface area contributed by atoms with Crippen molar-refractivity contribution < 1.29 is 27.3 Å². The molecular weight excluding hydrogens is 376 g/mol. The van der Waals surface area contributed by atoms with Crippen molar-refractivity contribution in [1.82, 2.24) is 5.32 Å². The van der Waals surface area contributed by atoms with Gasteiger partial charge in [-0.1, -0.05) is 48.0 Å². The van der Waals surface area contributed by atoms with Crippen molar-refractivity contribution in [3.05, 3.63) is 65.7 Å². The van der Waals surface area contributed by atoms with Gasteiger partial charge in [-0.05, 0) is 24.6 Å². The highest BCUT2D eigenvalue weighted by atomic mass is 32.2. The summed E-state index contributed by atoms with van der Waals surface area (Å²) < 4.78 is 49.7. The van der Waals surface area contributed by atoms with Gasteiger partial charge < -0.3 is 9.47 Å². The van der Waals surface area contributed by atoms with Crippen molar-refractivity contribution in [2.45, 2.75) is 30.6 Å². The van der Waals surface area contributed by atoms with Crippen LogP contribution in [-0.2, 0) is 26.9 Å². The molecule has 0 aliphatic carbocycles. The van der Waals surface area contributed by atoms with Crippen molar-refractivity contribution >= 4 is 16.9 Å². The first kappa shape index (κ1) is 21.0. The summed E-state index contributed by atoms with van der Waals surface area (Å²) in [7, 11) is -0.789. The molecule has 0 saturated carbocycles. The van der Waals surface area contributed by atoms with Gasteiger partial charge in [0.25, 0.3) is 6.43 Å². The van der Waals surface area contributed by atoms with E-state index in [-0.39, 0.29) is 6.61 Å². The normalized spacial score (nSPS) is 14.4. The van der Waals surface area contributed by atoms with E-state index in [0.717, 1.165) is 12.7 Å². The highest BCUT2D eigenvalue weighted by Crippen LogP contribution is 2.22. The number of rotatable bonds is 8. The SMILES string of the molecule is CO[C@](C[S@@](=O)c1ccc(C)cc1)(NC(=O)OCc1ccccc1)C(F)F. The summed E-state index contributed by atoms with van der Waals surface area (Å²) in [6.07, 6.45) is -4.19. The second-order valence-electron chi connectivity index (χ2n) is 5.88. The Balaban J connectivity index is 2.07. The van der Waals surface area contributed by atoms with E-state index in [4.69, 9.17) is 9.47 Å². The number of halogens is 2. The Kier molecular flexibility index (Phi) is 7.44. The second-order valence-corrected chi connectivity index (χ2v) is 7.34. The van der Waals surface area contributed by atoms with Gasteiger partial charge in [-0.15, -0.1) is 0 Å². The average molecular weight is 397 g/mol. The number of benzene rings is 2. The zero-order valence-corrected chi connectivity index (χ0v) is 15.8. The molecule has 0 unspecified atom stereocenters. The fraction of sp³-hybridized carbons (Fsp3) is 0.316. The summed E-state index contributed by atoms with van der Waals surface area (Å²) in [5.41, 5.74) is -0.773. The minimum Gasteiger partial charge on any atom is -0.445 e.